The van der Waals surface area contributed by atoms with Crippen molar-refractivity contribution in [1.29, 1.82) is 0 Å². The van der Waals surface area contributed by atoms with Crippen LogP contribution in [0.5, 0.6) is 0 Å². The highest BCUT2D eigenvalue weighted by Gasteiger charge is 2.33. The molecule has 0 fully saturated rings. The Bertz CT molecular complexity index is 906. The van der Waals surface area contributed by atoms with Crippen LogP contribution in [0.1, 0.15) is 29.2 Å². The third kappa shape index (κ3) is 2.43. The zero-order valence-electron chi connectivity index (χ0n) is 12.8. The normalized spacial score (nSPS) is 16.6. The van der Waals surface area contributed by atoms with Crippen molar-refractivity contribution >= 4 is 23.3 Å². The van der Waals surface area contributed by atoms with Gasteiger partial charge in [-0.05, 0) is 30.7 Å². The molecule has 0 radical (unpaired) electrons. The van der Waals surface area contributed by atoms with E-state index in [9.17, 15) is 4.79 Å². The van der Waals surface area contributed by atoms with Crippen molar-refractivity contribution in [2.45, 2.75) is 19.3 Å². The number of pyridine rings is 1. The number of aromatic nitrogens is 5. The number of carbonyl (C=O) groups is 1. The summed E-state index contributed by atoms with van der Waals surface area (Å²) in [6.45, 7) is 1.92. The van der Waals surface area contributed by atoms with Crippen LogP contribution in [0, 0.1) is 6.92 Å². The van der Waals surface area contributed by atoms with E-state index in [0.717, 1.165) is 16.8 Å². The van der Waals surface area contributed by atoms with Gasteiger partial charge >= 0.3 is 0 Å². The van der Waals surface area contributed by atoms with Crippen molar-refractivity contribution in [3.8, 4) is 5.82 Å². The Balaban J connectivity index is 1.87. The number of nitrogens with one attached hydrogen (secondary N) is 1. The predicted octanol–water partition coefficient (Wildman–Crippen LogP) is 2.49. The third-order valence-corrected chi connectivity index (χ3v) is 4.23. The molecule has 8 heteroatoms. The number of hydrogen-bond donors (Lipinski definition) is 1. The fourth-order valence-electron chi connectivity index (χ4n) is 3.00. The Morgan fingerprint density at radius 3 is 2.88 bits per heavy atom. The molecule has 0 aromatic carbocycles. The largest absolute Gasteiger partial charge is 0.310 e. The fourth-order valence-corrected chi connectivity index (χ4v) is 3.10. The molecular weight excluding hydrogens is 328 g/mol. The summed E-state index contributed by atoms with van der Waals surface area (Å²) >= 11 is 5.79. The van der Waals surface area contributed by atoms with E-state index in [0.29, 0.717) is 23.2 Å². The van der Waals surface area contributed by atoms with Gasteiger partial charge in [0.2, 0.25) is 5.91 Å². The number of aryl methyl sites for hydroxylation is 1. The lowest BCUT2D eigenvalue weighted by Gasteiger charge is -2.23. The molecule has 1 unspecified atom stereocenters. The van der Waals surface area contributed by atoms with Gasteiger partial charge in [0.1, 0.15) is 5.82 Å². The number of anilines is 1. The summed E-state index contributed by atoms with van der Waals surface area (Å²) in [7, 11) is 0. The van der Waals surface area contributed by atoms with Gasteiger partial charge in [-0.25, -0.2) is 0 Å². The van der Waals surface area contributed by atoms with Crippen LogP contribution in [0.4, 0.5) is 5.82 Å². The summed E-state index contributed by atoms with van der Waals surface area (Å²) < 4.78 is 1.59. The molecule has 1 amide bonds. The standard InChI is InChI=1S/C16H13ClN6O/c1-9-15-11(10-3-2-6-18-8-10)7-14(24)19-16(15)23(22-9)13-5-4-12(17)20-21-13/h2-6,8,11H,7H2,1H3,(H,19,24). The third-order valence-electron chi connectivity index (χ3n) is 4.02. The topological polar surface area (TPSA) is 85.6 Å². The van der Waals surface area contributed by atoms with E-state index >= 15 is 0 Å². The second-order valence-electron chi connectivity index (χ2n) is 5.56. The van der Waals surface area contributed by atoms with Gasteiger partial charge in [0.25, 0.3) is 0 Å². The lowest BCUT2D eigenvalue weighted by molar-refractivity contribution is -0.116. The molecule has 3 aromatic rings. The number of carbonyl (C=O) groups excluding carboxylic acids is 1. The first-order chi connectivity index (χ1) is 11.6. The Kier molecular flexibility index (Phi) is 3.50. The minimum atomic E-state index is -0.0866. The smallest absolute Gasteiger partial charge is 0.226 e. The molecule has 7 nitrogen and oxygen atoms in total. The van der Waals surface area contributed by atoms with Gasteiger partial charge in [-0.3, -0.25) is 9.78 Å². The summed E-state index contributed by atoms with van der Waals surface area (Å²) in [5, 5.41) is 15.6. The van der Waals surface area contributed by atoms with Gasteiger partial charge in [0.05, 0.1) is 5.69 Å². The van der Waals surface area contributed by atoms with Gasteiger partial charge in [0, 0.05) is 30.3 Å². The lowest BCUT2D eigenvalue weighted by Crippen LogP contribution is -2.25. The van der Waals surface area contributed by atoms with Gasteiger partial charge in [-0.15, -0.1) is 10.2 Å². The van der Waals surface area contributed by atoms with Crippen molar-refractivity contribution in [1.82, 2.24) is 25.0 Å². The molecule has 0 saturated heterocycles. The lowest BCUT2D eigenvalue weighted by atomic mass is 9.87. The van der Waals surface area contributed by atoms with E-state index in [1.54, 1.807) is 29.2 Å². The van der Waals surface area contributed by atoms with Crippen LogP contribution in [0.15, 0.2) is 36.7 Å². The number of amides is 1. The highest BCUT2D eigenvalue weighted by Crippen LogP contribution is 2.39. The van der Waals surface area contributed by atoms with E-state index in [1.165, 1.54) is 0 Å². The molecule has 4 rings (SSSR count). The van der Waals surface area contributed by atoms with Crippen molar-refractivity contribution < 1.29 is 4.79 Å². The second-order valence-corrected chi connectivity index (χ2v) is 5.95. The quantitative estimate of drug-likeness (QED) is 0.774. The van der Waals surface area contributed by atoms with Crippen molar-refractivity contribution in [3.05, 3.63) is 58.6 Å². The Labute approximate surface area is 142 Å². The maximum absolute atomic E-state index is 12.2. The average molecular weight is 341 g/mol. The number of fused-ring (bicyclic) bond motifs is 1. The maximum atomic E-state index is 12.2. The summed E-state index contributed by atoms with van der Waals surface area (Å²) in [5.74, 6) is 0.959. The van der Waals surface area contributed by atoms with E-state index < -0.39 is 0 Å². The van der Waals surface area contributed by atoms with Gasteiger partial charge < -0.3 is 5.32 Å². The maximum Gasteiger partial charge on any atom is 0.226 e. The first kappa shape index (κ1) is 14.8. The van der Waals surface area contributed by atoms with Crippen LogP contribution in [0.25, 0.3) is 5.82 Å². The molecule has 24 heavy (non-hydrogen) atoms. The first-order valence-electron chi connectivity index (χ1n) is 7.42. The summed E-state index contributed by atoms with van der Waals surface area (Å²) in [5.41, 5.74) is 2.79. The summed E-state index contributed by atoms with van der Waals surface area (Å²) in [4.78, 5) is 16.4. The molecule has 120 valence electrons. The van der Waals surface area contributed by atoms with Crippen LogP contribution in [-0.2, 0) is 4.79 Å². The van der Waals surface area contributed by atoms with Crippen LogP contribution in [0.3, 0.4) is 0 Å². The van der Waals surface area contributed by atoms with E-state index in [2.05, 4.69) is 25.6 Å². The minimum Gasteiger partial charge on any atom is -0.310 e. The van der Waals surface area contributed by atoms with Crippen molar-refractivity contribution in [2.75, 3.05) is 5.32 Å². The zero-order valence-corrected chi connectivity index (χ0v) is 13.5. The van der Waals surface area contributed by atoms with Crippen LogP contribution in [-0.4, -0.2) is 30.9 Å². The number of halogens is 1. The molecule has 1 N–H and O–H groups in total. The Morgan fingerprint density at radius 1 is 1.29 bits per heavy atom. The molecule has 0 spiro atoms. The zero-order chi connectivity index (χ0) is 16.7. The van der Waals surface area contributed by atoms with Crippen molar-refractivity contribution in [2.24, 2.45) is 0 Å². The van der Waals surface area contributed by atoms with Crippen LogP contribution in [0.2, 0.25) is 5.15 Å². The molecular formula is C16H13ClN6O. The number of rotatable bonds is 2. The number of nitrogens with zero attached hydrogens (tertiary/aromatic N) is 5. The fraction of sp³-hybridized carbons (Fsp3) is 0.188. The van der Waals surface area contributed by atoms with Gasteiger partial charge in [-0.1, -0.05) is 17.7 Å². The minimum absolute atomic E-state index is 0.0700. The van der Waals surface area contributed by atoms with Crippen molar-refractivity contribution in [3.63, 3.8) is 0 Å². The Morgan fingerprint density at radius 2 is 2.17 bits per heavy atom. The SMILES string of the molecule is Cc1nn(-c2ccc(Cl)nn2)c2c1C(c1cccnc1)CC(=O)N2. The molecule has 0 bridgehead atoms. The second kappa shape index (κ2) is 5.68. The monoisotopic (exact) mass is 340 g/mol. The van der Waals surface area contributed by atoms with Crippen LogP contribution >= 0.6 is 11.6 Å². The first-order valence-corrected chi connectivity index (χ1v) is 7.80. The van der Waals surface area contributed by atoms with E-state index in [-0.39, 0.29) is 11.8 Å². The van der Waals surface area contributed by atoms with Gasteiger partial charge in [-0.2, -0.15) is 9.78 Å². The molecule has 3 aromatic heterocycles. The molecule has 1 aliphatic heterocycles. The molecule has 4 heterocycles. The molecule has 0 aliphatic carbocycles. The Hall–Kier alpha value is -2.80. The summed E-state index contributed by atoms with van der Waals surface area (Å²) in [6.07, 6.45) is 3.86. The number of hydrogen-bond acceptors (Lipinski definition) is 5. The molecule has 1 aliphatic rings. The van der Waals surface area contributed by atoms with Crippen LogP contribution < -0.4 is 5.32 Å². The van der Waals surface area contributed by atoms with E-state index in [1.807, 2.05) is 19.1 Å². The molecule has 1 atom stereocenters. The molecule has 0 saturated carbocycles. The highest BCUT2D eigenvalue weighted by molar-refractivity contribution is 6.29. The van der Waals surface area contributed by atoms with E-state index in [4.69, 9.17) is 11.6 Å². The summed E-state index contributed by atoms with van der Waals surface area (Å²) in [6, 6.07) is 7.18. The van der Waals surface area contributed by atoms with Gasteiger partial charge in [0.15, 0.2) is 11.0 Å². The highest BCUT2D eigenvalue weighted by atomic mass is 35.5. The predicted molar refractivity (Wildman–Crippen MR) is 88.2 cm³/mol. The average Bonchev–Trinajstić information content (AvgIpc) is 2.92.